The van der Waals surface area contributed by atoms with E-state index in [1.807, 2.05) is 13.8 Å². The molecule has 0 bridgehead atoms. The summed E-state index contributed by atoms with van der Waals surface area (Å²) in [5, 5.41) is 16.8. The highest BCUT2D eigenvalue weighted by Crippen LogP contribution is 2.43. The van der Waals surface area contributed by atoms with Gasteiger partial charge in [-0.05, 0) is 129 Å². The number of ether oxygens (including phenoxy) is 1. The molecule has 0 radical (unpaired) electrons. The van der Waals surface area contributed by atoms with E-state index < -0.39 is 42.3 Å². The van der Waals surface area contributed by atoms with Gasteiger partial charge in [0.25, 0.3) is 0 Å². The molecule has 65 heavy (non-hydrogen) atoms. The van der Waals surface area contributed by atoms with Crippen molar-refractivity contribution in [1.29, 1.82) is 0 Å². The number of carbonyl (C=O) groups is 2. The van der Waals surface area contributed by atoms with E-state index in [0.717, 1.165) is 55.8 Å². The summed E-state index contributed by atoms with van der Waals surface area (Å²) >= 11 is 3.57. The molecule has 5 aromatic rings. The molecule has 2 amide bonds. The van der Waals surface area contributed by atoms with E-state index in [4.69, 9.17) is 9.72 Å². The van der Waals surface area contributed by atoms with Gasteiger partial charge in [0.2, 0.25) is 17.8 Å². The van der Waals surface area contributed by atoms with Crippen LogP contribution in [0.4, 0.5) is 42.0 Å². The Morgan fingerprint density at radius 1 is 0.892 bits per heavy atom. The van der Waals surface area contributed by atoms with Gasteiger partial charge in [-0.1, -0.05) is 13.8 Å². The maximum atomic E-state index is 15.0. The Bertz CT molecular complexity index is 2600. The number of aryl methyl sites for hydroxylation is 2. The lowest BCUT2D eigenvalue weighted by atomic mass is 9.89. The van der Waals surface area contributed by atoms with Crippen LogP contribution in [0.15, 0.2) is 53.1 Å². The van der Waals surface area contributed by atoms with Crippen LogP contribution in [0, 0.1) is 17.5 Å². The van der Waals surface area contributed by atoms with Gasteiger partial charge in [0.1, 0.15) is 36.2 Å². The minimum Gasteiger partial charge on any atom is -0.492 e. The molecule has 2 aliphatic rings. The molecule has 0 spiro atoms. The molecule has 346 valence electrons. The van der Waals surface area contributed by atoms with Gasteiger partial charge in [0.15, 0.2) is 0 Å². The van der Waals surface area contributed by atoms with Gasteiger partial charge in [-0.15, -0.1) is 0 Å². The summed E-state index contributed by atoms with van der Waals surface area (Å²) in [5.74, 6) is -2.66. The summed E-state index contributed by atoms with van der Waals surface area (Å²) in [6, 6.07) is 12.1. The zero-order chi connectivity index (χ0) is 46.4. The van der Waals surface area contributed by atoms with E-state index in [0.29, 0.717) is 93.7 Å². The van der Waals surface area contributed by atoms with Crippen molar-refractivity contribution in [2.45, 2.75) is 77.7 Å². The van der Waals surface area contributed by atoms with Crippen LogP contribution in [-0.4, -0.2) is 85.5 Å². The average Bonchev–Trinajstić information content (AvgIpc) is 3.26. The molecule has 18 heteroatoms. The molecule has 7 rings (SSSR count). The summed E-state index contributed by atoms with van der Waals surface area (Å²) in [4.78, 5) is 39.9. The second kappa shape index (κ2) is 21.0. The van der Waals surface area contributed by atoms with Crippen LogP contribution >= 0.6 is 23.1 Å². The third kappa shape index (κ3) is 11.3. The highest BCUT2D eigenvalue weighted by molar-refractivity contribution is 9.10. The minimum absolute atomic E-state index is 0.0506. The molecule has 5 N–H and O–H groups in total. The van der Waals surface area contributed by atoms with Gasteiger partial charge in [-0.25, -0.2) is 23.1 Å². The highest BCUT2D eigenvalue weighted by Gasteiger charge is 2.33. The first-order valence-corrected chi connectivity index (χ1v) is 25.6. The molecule has 3 aromatic carbocycles. The molecular formula is C47H56BrF3N9O4P. The van der Waals surface area contributed by atoms with Crippen molar-refractivity contribution in [2.24, 2.45) is 0 Å². The molecule has 0 aliphatic carbocycles. The third-order valence-corrected chi connectivity index (χ3v) is 14.0. The molecule has 4 heterocycles. The van der Waals surface area contributed by atoms with Crippen molar-refractivity contribution in [3.8, 4) is 5.75 Å². The monoisotopic (exact) mass is 977 g/mol. The van der Waals surface area contributed by atoms with Gasteiger partial charge in [0, 0.05) is 72.8 Å². The number of aromatic nitrogens is 3. The number of halogens is 4. The van der Waals surface area contributed by atoms with Crippen LogP contribution in [0.1, 0.15) is 74.8 Å². The number of hydrogen-bond acceptors (Lipinski definition) is 12. The highest BCUT2D eigenvalue weighted by atomic mass is 79.9. The summed E-state index contributed by atoms with van der Waals surface area (Å²) in [6.07, 6.45) is 5.31. The summed E-state index contributed by atoms with van der Waals surface area (Å²) < 4.78 is 65.3. The largest absolute Gasteiger partial charge is 0.492 e. The maximum Gasteiger partial charge on any atom is 0.234 e. The fourth-order valence-electron chi connectivity index (χ4n) is 8.63. The van der Waals surface area contributed by atoms with Crippen molar-refractivity contribution in [3.63, 3.8) is 0 Å². The number of anilines is 5. The number of rotatable bonds is 18. The fourth-order valence-corrected chi connectivity index (χ4v) is 10.4. The molecule has 2 saturated heterocycles. The second-order valence-electron chi connectivity index (χ2n) is 16.7. The Morgan fingerprint density at radius 2 is 1.65 bits per heavy atom. The van der Waals surface area contributed by atoms with Crippen LogP contribution in [0.3, 0.4) is 0 Å². The van der Waals surface area contributed by atoms with E-state index in [1.54, 1.807) is 31.7 Å². The molecule has 1 atom stereocenters. The van der Waals surface area contributed by atoms with Gasteiger partial charge in [-0.3, -0.25) is 14.9 Å². The predicted octanol–water partition coefficient (Wildman–Crippen LogP) is 8.37. The number of piperidine rings is 2. The number of hydrogen-bond donors (Lipinski definition) is 5. The Morgan fingerprint density at radius 3 is 2.32 bits per heavy atom. The van der Waals surface area contributed by atoms with E-state index >= 15 is 0 Å². The second-order valence-corrected chi connectivity index (χ2v) is 20.7. The number of nitrogens with one attached hydrogen (secondary N) is 5. The quantitative estimate of drug-likeness (QED) is 0.0325. The summed E-state index contributed by atoms with van der Waals surface area (Å²) in [6.45, 7) is 13.3. The number of benzene rings is 3. The molecule has 2 fully saturated rings. The number of imide groups is 1. The zero-order valence-electron chi connectivity index (χ0n) is 37.3. The minimum atomic E-state index is -2.94. The zero-order valence-corrected chi connectivity index (χ0v) is 39.8. The number of carbonyl (C=O) groups excluding carboxylic acids is 2. The lowest BCUT2D eigenvalue weighted by Gasteiger charge is -2.35. The Labute approximate surface area is 386 Å². The Kier molecular flexibility index (Phi) is 15.5. The normalized spacial score (nSPS) is 16.0. The lowest BCUT2D eigenvalue weighted by molar-refractivity contribution is -0.134. The maximum absolute atomic E-state index is 15.0. The third-order valence-electron chi connectivity index (χ3n) is 11.9. The summed E-state index contributed by atoms with van der Waals surface area (Å²) in [5.41, 5.74) is 4.66. The first-order valence-electron chi connectivity index (χ1n) is 22.2. The number of amides is 2. The van der Waals surface area contributed by atoms with E-state index in [2.05, 4.69) is 76.4 Å². The topological polar surface area (TPSA) is 162 Å². The predicted molar refractivity (Wildman–Crippen MR) is 255 cm³/mol. The summed E-state index contributed by atoms with van der Waals surface area (Å²) in [7, 11) is -2.94. The number of pyridine rings is 1. The average molecular weight is 979 g/mol. The van der Waals surface area contributed by atoms with Gasteiger partial charge < -0.3 is 35.5 Å². The first kappa shape index (κ1) is 47.9. The van der Waals surface area contributed by atoms with Crippen LogP contribution in [-0.2, 0) is 33.4 Å². The fraction of sp³-hybridized carbons (Fsp3) is 0.426. The van der Waals surface area contributed by atoms with Crippen molar-refractivity contribution in [2.75, 3.05) is 68.2 Å². The standard InChI is InChI=1S/C47H56BrF3N9O4P/c1-6-28-23-39(57-47-54-26-32(48)45(59-47)56-38-11-10-37-31(44(38)65(4,5)63)24-33(49)36(7-2)55-37)41(64-8-3)25-40(28)60-19-14-29(15-20-60)53-18-17-52-16-13-27-21-34(50)43(35(51)22-27)30-9-12-42(61)58-46(30)62/h10-11,21-26,29-30,52-53H,6-9,12-20H2,1-5H3,(H,58,61,62)(H2,54,56,57,59)/t30-/m1/s1. The van der Waals surface area contributed by atoms with Crippen LogP contribution in [0.2, 0.25) is 0 Å². The molecule has 2 aliphatic heterocycles. The van der Waals surface area contributed by atoms with E-state index in [1.165, 1.54) is 18.2 Å². The molecule has 13 nitrogen and oxygen atoms in total. The Balaban J connectivity index is 0.946. The van der Waals surface area contributed by atoms with Crippen molar-refractivity contribution in [3.05, 3.63) is 93.0 Å². The van der Waals surface area contributed by atoms with Crippen LogP contribution in [0.25, 0.3) is 10.9 Å². The van der Waals surface area contributed by atoms with Crippen molar-refractivity contribution >= 4 is 79.9 Å². The van der Waals surface area contributed by atoms with Crippen molar-refractivity contribution < 1.29 is 32.1 Å². The molecule has 0 unspecified atom stereocenters. The molecule has 2 aromatic heterocycles. The molecule has 0 saturated carbocycles. The van der Waals surface area contributed by atoms with Gasteiger partial charge in [0.05, 0.1) is 39.6 Å². The Hall–Kier alpha value is -5.09. The molecular weight excluding hydrogens is 922 g/mol. The lowest BCUT2D eigenvalue weighted by Crippen LogP contribution is -2.44. The van der Waals surface area contributed by atoms with E-state index in [-0.39, 0.29) is 18.4 Å². The number of nitrogens with zero attached hydrogens (tertiary/aromatic N) is 4. The van der Waals surface area contributed by atoms with Crippen molar-refractivity contribution in [1.82, 2.24) is 30.9 Å². The smallest absolute Gasteiger partial charge is 0.234 e. The van der Waals surface area contributed by atoms with Gasteiger partial charge in [-0.2, -0.15) is 4.98 Å². The SMILES string of the molecule is CCOc1cc(N2CCC(NCCNCCc3cc(F)c([C@H]4CCC(=O)NC4=O)c(F)c3)CC2)c(CC)cc1Nc1ncc(Br)c(Nc2ccc3nc(CC)c(F)cc3c2P(C)(C)=O)n1. The first-order chi connectivity index (χ1) is 31.2. The van der Waals surface area contributed by atoms with Gasteiger partial charge >= 0.3 is 0 Å². The van der Waals surface area contributed by atoms with Crippen LogP contribution in [0.5, 0.6) is 5.75 Å². The number of fused-ring (bicyclic) bond motifs is 1. The van der Waals surface area contributed by atoms with E-state index in [9.17, 15) is 27.3 Å². The van der Waals surface area contributed by atoms with Crippen LogP contribution < -0.4 is 41.5 Å².